The fourth-order valence-electron chi connectivity index (χ4n) is 1.24. The number of aromatic nitrogens is 1. The first-order chi connectivity index (χ1) is 8.13. The second-order valence-electron chi connectivity index (χ2n) is 3.25. The normalized spacial score (nSPS) is 9.35. The zero-order valence-electron chi connectivity index (χ0n) is 9.81. The highest BCUT2D eigenvalue weighted by molar-refractivity contribution is 9.10. The fourth-order valence-corrected chi connectivity index (χ4v) is 1.57. The number of ether oxygens (including phenoxy) is 1. The van der Waals surface area contributed by atoms with E-state index in [-0.39, 0.29) is 5.97 Å². The van der Waals surface area contributed by atoms with E-state index in [1.165, 1.54) is 12.3 Å². The third-order valence-electron chi connectivity index (χ3n) is 1.91. The first-order valence-electron chi connectivity index (χ1n) is 5.28. The average Bonchev–Trinajstić information content (AvgIpc) is 2.29. The summed E-state index contributed by atoms with van der Waals surface area (Å²) in [4.78, 5) is 14.1. The number of halogens is 1. The van der Waals surface area contributed by atoms with Gasteiger partial charge in [-0.15, -0.1) is 0 Å². The predicted molar refractivity (Wildman–Crippen MR) is 71.8 cm³/mol. The van der Waals surface area contributed by atoms with E-state index in [0.717, 1.165) is 10.1 Å². The highest BCUT2D eigenvalue weighted by Crippen LogP contribution is 2.14. The number of esters is 1. The molecule has 0 amide bonds. The number of para-hydroxylation sites is 1. The van der Waals surface area contributed by atoms with Gasteiger partial charge in [0.15, 0.2) is 0 Å². The smallest absolute Gasteiger partial charge is 0.302 e. The van der Waals surface area contributed by atoms with Gasteiger partial charge in [0.25, 0.3) is 0 Å². The summed E-state index contributed by atoms with van der Waals surface area (Å²) in [6.07, 6.45) is 0. The highest BCUT2D eigenvalue weighted by Gasteiger charge is 1.92. The number of hydrogen-bond donors (Lipinski definition) is 0. The van der Waals surface area contributed by atoms with Crippen LogP contribution in [0.1, 0.15) is 13.8 Å². The maximum absolute atomic E-state index is 9.82. The molecule has 1 heterocycles. The Morgan fingerprint density at radius 1 is 1.29 bits per heavy atom. The quantitative estimate of drug-likeness (QED) is 0.596. The van der Waals surface area contributed by atoms with Crippen molar-refractivity contribution in [2.45, 2.75) is 13.8 Å². The molecular weight excluding hydrogens is 282 g/mol. The molecule has 0 aliphatic carbocycles. The third-order valence-corrected chi connectivity index (χ3v) is 2.35. The van der Waals surface area contributed by atoms with Crippen LogP contribution in [0.5, 0.6) is 0 Å². The van der Waals surface area contributed by atoms with Gasteiger partial charge in [-0.3, -0.25) is 4.79 Å². The molecule has 0 radical (unpaired) electrons. The monoisotopic (exact) mass is 295 g/mol. The van der Waals surface area contributed by atoms with Gasteiger partial charge in [0, 0.05) is 12.3 Å². The molecule has 0 fully saturated rings. The highest BCUT2D eigenvalue weighted by atomic mass is 79.9. The minimum atomic E-state index is -0.211. The Bertz CT molecular complexity index is 499. The van der Waals surface area contributed by atoms with Gasteiger partial charge >= 0.3 is 5.97 Å². The number of carbonyl (C=O) groups is 1. The lowest BCUT2D eigenvalue weighted by Gasteiger charge is -1.94. The third kappa shape index (κ3) is 4.95. The van der Waals surface area contributed by atoms with Crippen molar-refractivity contribution in [3.8, 4) is 0 Å². The maximum Gasteiger partial charge on any atom is 0.302 e. The molecule has 4 heteroatoms. The molecule has 90 valence electrons. The molecular formula is C13H14BrNO2. The van der Waals surface area contributed by atoms with Crippen LogP contribution in [0.4, 0.5) is 0 Å². The molecule has 0 saturated heterocycles. The lowest BCUT2D eigenvalue weighted by molar-refractivity contribution is -0.140. The number of carbonyl (C=O) groups excluding carboxylic acids is 1. The fraction of sp³-hybridized carbons (Fsp3) is 0.231. The van der Waals surface area contributed by atoms with Crippen LogP contribution in [0.2, 0.25) is 0 Å². The lowest BCUT2D eigenvalue weighted by Crippen LogP contribution is -1.95. The van der Waals surface area contributed by atoms with Gasteiger partial charge in [-0.25, -0.2) is 4.98 Å². The number of hydrogen-bond acceptors (Lipinski definition) is 3. The van der Waals surface area contributed by atoms with Crippen LogP contribution in [-0.2, 0) is 9.53 Å². The molecule has 2 aromatic rings. The molecule has 0 bridgehead atoms. The summed E-state index contributed by atoms with van der Waals surface area (Å²) in [5, 5.41) is 1.18. The Kier molecular flexibility index (Phi) is 5.63. The lowest BCUT2D eigenvalue weighted by atomic mass is 10.2. The van der Waals surface area contributed by atoms with Crippen molar-refractivity contribution >= 4 is 32.8 Å². The number of fused-ring (bicyclic) bond motifs is 1. The Balaban J connectivity index is 0.000000209. The van der Waals surface area contributed by atoms with Crippen LogP contribution in [0.25, 0.3) is 10.9 Å². The summed E-state index contributed by atoms with van der Waals surface area (Å²) in [7, 11) is 0. The van der Waals surface area contributed by atoms with Crippen molar-refractivity contribution in [2.75, 3.05) is 6.61 Å². The first-order valence-corrected chi connectivity index (χ1v) is 6.07. The van der Waals surface area contributed by atoms with Crippen molar-refractivity contribution in [3.05, 3.63) is 41.0 Å². The Morgan fingerprint density at radius 3 is 2.59 bits per heavy atom. The topological polar surface area (TPSA) is 39.2 Å². The van der Waals surface area contributed by atoms with Crippen molar-refractivity contribution in [2.24, 2.45) is 0 Å². The molecule has 2 rings (SSSR count). The number of pyridine rings is 1. The predicted octanol–water partition coefficient (Wildman–Crippen LogP) is 3.57. The van der Waals surface area contributed by atoms with E-state index in [2.05, 4.69) is 31.7 Å². The standard InChI is InChI=1S/C9H6BrN.C4H8O2/c10-9-6-5-7-3-1-2-4-8(7)11-9;1-3-6-4(2)5/h1-6H;3H2,1-2H3. The summed E-state index contributed by atoms with van der Waals surface area (Å²) in [6, 6.07) is 12.0. The first kappa shape index (κ1) is 13.6. The van der Waals surface area contributed by atoms with Crippen LogP contribution in [-0.4, -0.2) is 17.6 Å². The van der Waals surface area contributed by atoms with E-state index in [4.69, 9.17) is 0 Å². The molecule has 1 aromatic carbocycles. The Labute approximate surface area is 109 Å². The van der Waals surface area contributed by atoms with Crippen LogP contribution >= 0.6 is 15.9 Å². The molecule has 0 saturated carbocycles. The zero-order valence-corrected chi connectivity index (χ0v) is 11.4. The van der Waals surface area contributed by atoms with E-state index < -0.39 is 0 Å². The second-order valence-corrected chi connectivity index (χ2v) is 4.06. The van der Waals surface area contributed by atoms with E-state index in [0.29, 0.717) is 6.61 Å². The van der Waals surface area contributed by atoms with E-state index in [1.54, 1.807) is 6.92 Å². The van der Waals surface area contributed by atoms with Crippen molar-refractivity contribution < 1.29 is 9.53 Å². The molecule has 0 spiro atoms. The minimum absolute atomic E-state index is 0.211. The van der Waals surface area contributed by atoms with Gasteiger partial charge in [-0.1, -0.05) is 24.3 Å². The van der Waals surface area contributed by atoms with E-state index >= 15 is 0 Å². The van der Waals surface area contributed by atoms with Crippen molar-refractivity contribution in [3.63, 3.8) is 0 Å². The summed E-state index contributed by atoms with van der Waals surface area (Å²) in [5.74, 6) is -0.211. The average molecular weight is 296 g/mol. The van der Waals surface area contributed by atoms with Crippen LogP contribution in [0, 0.1) is 0 Å². The number of rotatable bonds is 1. The van der Waals surface area contributed by atoms with Crippen LogP contribution < -0.4 is 0 Å². The molecule has 0 aliphatic heterocycles. The molecule has 0 atom stereocenters. The molecule has 0 unspecified atom stereocenters. The van der Waals surface area contributed by atoms with Gasteiger partial charge in [0.05, 0.1) is 12.1 Å². The molecule has 0 aliphatic rings. The number of benzene rings is 1. The second kappa shape index (κ2) is 7.01. The van der Waals surface area contributed by atoms with Crippen molar-refractivity contribution in [1.82, 2.24) is 4.98 Å². The van der Waals surface area contributed by atoms with Gasteiger partial charge in [-0.05, 0) is 35.0 Å². The molecule has 0 N–H and O–H groups in total. The molecule has 1 aromatic heterocycles. The summed E-state index contributed by atoms with van der Waals surface area (Å²) < 4.78 is 5.29. The van der Waals surface area contributed by atoms with Gasteiger partial charge in [-0.2, -0.15) is 0 Å². The van der Waals surface area contributed by atoms with Gasteiger partial charge in [0.2, 0.25) is 0 Å². The van der Waals surface area contributed by atoms with Crippen molar-refractivity contribution in [1.29, 1.82) is 0 Å². The van der Waals surface area contributed by atoms with Gasteiger partial charge in [0.1, 0.15) is 4.60 Å². The van der Waals surface area contributed by atoms with E-state index in [1.807, 2.05) is 30.3 Å². The summed E-state index contributed by atoms with van der Waals surface area (Å²) in [6.45, 7) is 3.65. The SMILES string of the molecule is Brc1ccc2ccccc2n1.CCOC(C)=O. The maximum atomic E-state index is 9.82. The van der Waals surface area contributed by atoms with E-state index in [9.17, 15) is 4.79 Å². The largest absolute Gasteiger partial charge is 0.466 e. The van der Waals surface area contributed by atoms with Crippen LogP contribution in [0.15, 0.2) is 41.0 Å². The molecule has 17 heavy (non-hydrogen) atoms. The summed E-state index contributed by atoms with van der Waals surface area (Å²) in [5.41, 5.74) is 1.03. The summed E-state index contributed by atoms with van der Waals surface area (Å²) >= 11 is 3.32. The number of nitrogens with zero attached hydrogens (tertiary/aromatic N) is 1. The Hall–Kier alpha value is -1.42. The van der Waals surface area contributed by atoms with Gasteiger partial charge < -0.3 is 4.74 Å². The molecule has 3 nitrogen and oxygen atoms in total. The zero-order chi connectivity index (χ0) is 12.7. The van der Waals surface area contributed by atoms with Crippen LogP contribution in [0.3, 0.4) is 0 Å². The minimum Gasteiger partial charge on any atom is -0.466 e. The Morgan fingerprint density at radius 2 is 2.00 bits per heavy atom.